The number of nitrogens with zero attached hydrogens (tertiary/aromatic N) is 3. The number of amides is 1. The molecule has 2 N–H and O–H groups in total. The van der Waals surface area contributed by atoms with Gasteiger partial charge in [-0.2, -0.15) is 0 Å². The highest BCUT2D eigenvalue weighted by Crippen LogP contribution is 2.03. The van der Waals surface area contributed by atoms with Crippen LogP contribution in [0.4, 0.5) is 5.82 Å². The van der Waals surface area contributed by atoms with Gasteiger partial charge in [0.05, 0.1) is 24.6 Å². The Bertz CT molecular complexity index is 552. The number of carbonyl (C=O) groups excluding carboxylic acids is 1. The lowest BCUT2D eigenvalue weighted by Crippen LogP contribution is -2.24. The SMILES string of the molecule is CNc1cncc(C(=O)NCc2cc(C)no2)n1. The lowest BCUT2D eigenvalue weighted by molar-refractivity contribution is 0.0942. The van der Waals surface area contributed by atoms with Gasteiger partial charge in [-0.15, -0.1) is 0 Å². The zero-order chi connectivity index (χ0) is 13.0. The van der Waals surface area contributed by atoms with Crippen LogP contribution in [0.5, 0.6) is 0 Å². The quantitative estimate of drug-likeness (QED) is 0.828. The normalized spacial score (nSPS) is 10.1. The van der Waals surface area contributed by atoms with Crippen molar-refractivity contribution in [3.8, 4) is 0 Å². The molecule has 0 aliphatic heterocycles. The number of rotatable bonds is 4. The second kappa shape index (κ2) is 5.26. The summed E-state index contributed by atoms with van der Waals surface area (Å²) in [6.45, 7) is 2.09. The molecule has 7 heteroatoms. The fourth-order valence-electron chi connectivity index (χ4n) is 1.35. The molecular weight excluding hydrogens is 234 g/mol. The maximum Gasteiger partial charge on any atom is 0.271 e. The summed E-state index contributed by atoms with van der Waals surface area (Å²) < 4.78 is 4.98. The van der Waals surface area contributed by atoms with E-state index >= 15 is 0 Å². The van der Waals surface area contributed by atoms with Crippen molar-refractivity contribution in [1.82, 2.24) is 20.4 Å². The van der Waals surface area contributed by atoms with Crippen LogP contribution >= 0.6 is 0 Å². The van der Waals surface area contributed by atoms with Crippen LogP contribution in [0.15, 0.2) is 23.0 Å². The molecule has 0 aliphatic carbocycles. The number of aryl methyl sites for hydroxylation is 1. The first kappa shape index (κ1) is 12.0. The molecule has 0 aliphatic rings. The van der Waals surface area contributed by atoms with E-state index in [9.17, 15) is 4.79 Å². The Balaban J connectivity index is 1.99. The second-order valence-electron chi connectivity index (χ2n) is 3.66. The smallest absolute Gasteiger partial charge is 0.271 e. The first-order chi connectivity index (χ1) is 8.69. The van der Waals surface area contributed by atoms with Gasteiger partial charge in [0.25, 0.3) is 5.91 Å². The predicted molar refractivity (Wildman–Crippen MR) is 64.0 cm³/mol. The molecule has 0 fully saturated rings. The molecule has 0 unspecified atom stereocenters. The zero-order valence-corrected chi connectivity index (χ0v) is 10.1. The van der Waals surface area contributed by atoms with Gasteiger partial charge in [0.2, 0.25) is 0 Å². The first-order valence-corrected chi connectivity index (χ1v) is 5.39. The fraction of sp³-hybridized carbons (Fsp3) is 0.273. The molecule has 0 aromatic carbocycles. The molecule has 2 aromatic heterocycles. The summed E-state index contributed by atoms with van der Waals surface area (Å²) in [5.74, 6) is 0.824. The van der Waals surface area contributed by atoms with Gasteiger partial charge in [-0.3, -0.25) is 9.78 Å². The molecule has 0 spiro atoms. The van der Waals surface area contributed by atoms with Crippen molar-refractivity contribution >= 4 is 11.7 Å². The Hall–Kier alpha value is -2.44. The van der Waals surface area contributed by atoms with Gasteiger partial charge in [-0.05, 0) is 6.92 Å². The number of anilines is 1. The molecule has 0 atom stereocenters. The Morgan fingerprint density at radius 3 is 2.94 bits per heavy atom. The van der Waals surface area contributed by atoms with Crippen LogP contribution in [0.3, 0.4) is 0 Å². The van der Waals surface area contributed by atoms with E-state index in [-0.39, 0.29) is 18.1 Å². The molecule has 0 saturated heterocycles. The van der Waals surface area contributed by atoms with Crippen molar-refractivity contribution in [3.05, 3.63) is 35.6 Å². The van der Waals surface area contributed by atoms with Crippen molar-refractivity contribution in [2.24, 2.45) is 0 Å². The fourth-order valence-corrected chi connectivity index (χ4v) is 1.35. The summed E-state index contributed by atoms with van der Waals surface area (Å²) in [4.78, 5) is 19.8. The van der Waals surface area contributed by atoms with E-state index in [2.05, 4.69) is 25.8 Å². The molecule has 0 saturated carbocycles. The summed E-state index contributed by atoms with van der Waals surface area (Å²) in [6.07, 6.45) is 2.94. The van der Waals surface area contributed by atoms with Crippen molar-refractivity contribution in [2.75, 3.05) is 12.4 Å². The van der Waals surface area contributed by atoms with E-state index in [1.54, 1.807) is 13.1 Å². The predicted octanol–water partition coefficient (Wildman–Crippen LogP) is 0.745. The second-order valence-corrected chi connectivity index (χ2v) is 3.66. The van der Waals surface area contributed by atoms with Crippen LogP contribution in [0.25, 0.3) is 0 Å². The molecular formula is C11H13N5O2. The minimum Gasteiger partial charge on any atom is -0.372 e. The molecule has 0 bridgehead atoms. The largest absolute Gasteiger partial charge is 0.372 e. The van der Waals surface area contributed by atoms with E-state index < -0.39 is 0 Å². The Labute approximate surface area is 104 Å². The van der Waals surface area contributed by atoms with Gasteiger partial charge in [-0.25, -0.2) is 4.98 Å². The van der Waals surface area contributed by atoms with Crippen molar-refractivity contribution in [2.45, 2.75) is 13.5 Å². The van der Waals surface area contributed by atoms with Gasteiger partial charge >= 0.3 is 0 Å². The number of aromatic nitrogens is 3. The van der Waals surface area contributed by atoms with Crippen LogP contribution in [0.2, 0.25) is 0 Å². The molecule has 2 aromatic rings. The maximum absolute atomic E-state index is 11.8. The molecule has 0 radical (unpaired) electrons. The van der Waals surface area contributed by atoms with E-state index in [0.29, 0.717) is 11.6 Å². The lowest BCUT2D eigenvalue weighted by Gasteiger charge is -2.03. The van der Waals surface area contributed by atoms with E-state index in [4.69, 9.17) is 4.52 Å². The monoisotopic (exact) mass is 247 g/mol. The Kier molecular flexibility index (Phi) is 3.52. The van der Waals surface area contributed by atoms with Gasteiger partial charge in [-0.1, -0.05) is 5.16 Å². The highest BCUT2D eigenvalue weighted by atomic mass is 16.5. The summed E-state index contributed by atoms with van der Waals surface area (Å²) in [5, 5.41) is 9.22. The van der Waals surface area contributed by atoms with Crippen LogP contribution in [-0.4, -0.2) is 28.1 Å². The number of hydrogen-bond donors (Lipinski definition) is 2. The van der Waals surface area contributed by atoms with E-state index in [0.717, 1.165) is 5.69 Å². The lowest BCUT2D eigenvalue weighted by atomic mass is 10.3. The number of hydrogen-bond acceptors (Lipinski definition) is 6. The molecule has 18 heavy (non-hydrogen) atoms. The minimum absolute atomic E-state index is 0.248. The maximum atomic E-state index is 11.8. The highest BCUT2D eigenvalue weighted by Gasteiger charge is 2.09. The average molecular weight is 247 g/mol. The summed E-state index contributed by atoms with van der Waals surface area (Å²) >= 11 is 0. The average Bonchev–Trinajstić information content (AvgIpc) is 2.82. The number of nitrogens with one attached hydrogen (secondary N) is 2. The summed E-state index contributed by atoms with van der Waals surface area (Å²) in [6, 6.07) is 1.76. The third kappa shape index (κ3) is 2.82. The number of carbonyl (C=O) groups is 1. The molecule has 7 nitrogen and oxygen atoms in total. The first-order valence-electron chi connectivity index (χ1n) is 5.39. The van der Waals surface area contributed by atoms with Crippen LogP contribution in [0, 0.1) is 6.92 Å². The van der Waals surface area contributed by atoms with Crippen LogP contribution in [0.1, 0.15) is 21.9 Å². The standard InChI is InChI=1S/C11H13N5O2/c1-7-3-8(18-16-7)4-14-11(17)9-5-13-6-10(12-2)15-9/h3,5-6H,4H2,1-2H3,(H,12,15)(H,14,17). The van der Waals surface area contributed by atoms with Crippen LogP contribution < -0.4 is 10.6 Å². The zero-order valence-electron chi connectivity index (χ0n) is 10.1. The molecule has 2 heterocycles. The summed E-state index contributed by atoms with van der Waals surface area (Å²) in [7, 11) is 1.71. The molecule has 2 rings (SSSR count). The van der Waals surface area contributed by atoms with E-state index in [1.165, 1.54) is 12.4 Å². The van der Waals surface area contributed by atoms with Gasteiger partial charge < -0.3 is 15.2 Å². The van der Waals surface area contributed by atoms with Crippen molar-refractivity contribution in [1.29, 1.82) is 0 Å². The Morgan fingerprint density at radius 2 is 2.28 bits per heavy atom. The van der Waals surface area contributed by atoms with E-state index in [1.807, 2.05) is 6.92 Å². The topological polar surface area (TPSA) is 92.9 Å². The van der Waals surface area contributed by atoms with Crippen molar-refractivity contribution in [3.63, 3.8) is 0 Å². The van der Waals surface area contributed by atoms with Gasteiger partial charge in [0.1, 0.15) is 11.5 Å². The highest BCUT2D eigenvalue weighted by molar-refractivity contribution is 5.92. The van der Waals surface area contributed by atoms with Crippen LogP contribution in [-0.2, 0) is 6.54 Å². The minimum atomic E-state index is -0.311. The summed E-state index contributed by atoms with van der Waals surface area (Å²) in [5.41, 5.74) is 1.02. The van der Waals surface area contributed by atoms with Crippen molar-refractivity contribution < 1.29 is 9.32 Å². The molecule has 1 amide bonds. The van der Waals surface area contributed by atoms with Gasteiger partial charge in [0.15, 0.2) is 5.76 Å². The Morgan fingerprint density at radius 1 is 1.44 bits per heavy atom. The molecule has 94 valence electrons. The van der Waals surface area contributed by atoms with Gasteiger partial charge in [0, 0.05) is 13.1 Å². The third-order valence-electron chi connectivity index (χ3n) is 2.22. The third-order valence-corrected chi connectivity index (χ3v) is 2.22.